The Morgan fingerprint density at radius 1 is 0.338 bits per heavy atom. The number of carbonyl (C=O) groups is 1. The second-order valence-electron chi connectivity index (χ2n) is 30.0. The second-order valence-corrected chi connectivity index (χ2v) is 30.0. The molecule has 4 aromatic carbocycles. The average molecular weight is 998 g/mol. The van der Waals surface area contributed by atoms with Crippen molar-refractivity contribution in [3.8, 4) is 0 Å². The summed E-state index contributed by atoms with van der Waals surface area (Å²) in [5, 5.41) is 17.9. The Balaban J connectivity index is 1.25. The fourth-order valence-electron chi connectivity index (χ4n) is 13.5. The molecule has 9 rings (SSSR count). The van der Waals surface area contributed by atoms with E-state index in [1.807, 2.05) is 6.07 Å². The van der Waals surface area contributed by atoms with Gasteiger partial charge in [-0.25, -0.2) is 0 Å². The van der Waals surface area contributed by atoms with Crippen LogP contribution < -0.4 is 21.3 Å². The Kier molecular flexibility index (Phi) is 14.6. The molecule has 0 aromatic heterocycles. The Labute approximate surface area is 449 Å². The molecular weight excluding hydrogens is 901 g/mol. The van der Waals surface area contributed by atoms with E-state index in [1.165, 1.54) is 55.6 Å². The van der Waals surface area contributed by atoms with E-state index in [-0.39, 0.29) is 104 Å². The molecule has 0 saturated carbocycles. The fraction of sp³-hybridized carbons (Fsp3) is 0.580. The molecule has 0 aliphatic carbocycles. The summed E-state index contributed by atoms with van der Waals surface area (Å²) in [7, 11) is 0. The van der Waals surface area contributed by atoms with Gasteiger partial charge in [-0.1, -0.05) is 222 Å². The largest absolute Gasteiger partial charge is 0.310 e. The zero-order valence-electron chi connectivity index (χ0n) is 49.1. The summed E-state index contributed by atoms with van der Waals surface area (Å²) >= 11 is 0. The molecule has 3 saturated heterocycles. The van der Waals surface area contributed by atoms with Gasteiger partial charge in [-0.05, 0) is 120 Å². The van der Waals surface area contributed by atoms with E-state index in [9.17, 15) is 4.79 Å². The number of fused-ring (bicyclic) bond motifs is 8. The lowest BCUT2D eigenvalue weighted by Crippen LogP contribution is -2.52. The minimum Gasteiger partial charge on any atom is -0.310 e. The molecule has 5 heteroatoms. The van der Waals surface area contributed by atoms with Gasteiger partial charge in [0.2, 0.25) is 0 Å². The molecule has 74 heavy (non-hydrogen) atoms. The molecule has 5 aliphatic rings. The summed E-state index contributed by atoms with van der Waals surface area (Å²) < 4.78 is 0. The number of hydrogen-bond donors (Lipinski definition) is 4. The van der Waals surface area contributed by atoms with Crippen molar-refractivity contribution in [2.75, 3.05) is 0 Å². The Bertz CT molecular complexity index is 2580. The van der Waals surface area contributed by atoms with Crippen molar-refractivity contribution < 1.29 is 4.79 Å². The predicted octanol–water partition coefficient (Wildman–Crippen LogP) is 14.8. The van der Waals surface area contributed by atoms with Gasteiger partial charge in [0.05, 0.1) is 0 Å². The van der Waals surface area contributed by atoms with Crippen molar-refractivity contribution in [3.63, 3.8) is 0 Å². The van der Waals surface area contributed by atoms with Crippen LogP contribution in [0.3, 0.4) is 0 Å². The van der Waals surface area contributed by atoms with Crippen LogP contribution in [0.1, 0.15) is 240 Å². The van der Waals surface area contributed by atoms with E-state index in [0.717, 1.165) is 37.5 Å². The van der Waals surface area contributed by atoms with Gasteiger partial charge < -0.3 is 21.3 Å². The highest BCUT2D eigenvalue weighted by Gasteiger charge is 2.48. The molecule has 8 bridgehead atoms. The Morgan fingerprint density at radius 2 is 0.595 bits per heavy atom. The van der Waals surface area contributed by atoms with Gasteiger partial charge in [0.15, 0.2) is 0 Å². The van der Waals surface area contributed by atoms with Crippen molar-refractivity contribution in [1.29, 1.82) is 0 Å². The number of aldehydes is 1. The van der Waals surface area contributed by atoms with Crippen LogP contribution in [0.15, 0.2) is 103 Å². The first-order chi connectivity index (χ1) is 34.4. The molecule has 398 valence electrons. The summed E-state index contributed by atoms with van der Waals surface area (Å²) in [4.78, 5) is 12.5. The summed E-state index contributed by atoms with van der Waals surface area (Å²) in [6.07, 6.45) is 15.5. The molecular formula is C69H96N4O. The van der Waals surface area contributed by atoms with Crippen molar-refractivity contribution in [3.05, 3.63) is 164 Å². The third kappa shape index (κ3) is 11.3. The summed E-state index contributed by atoms with van der Waals surface area (Å²) in [6.45, 7) is 42.8. The van der Waals surface area contributed by atoms with Crippen molar-refractivity contribution >= 4 is 6.29 Å². The highest BCUT2D eigenvalue weighted by atomic mass is 16.1. The average Bonchev–Trinajstić information content (AvgIpc) is 4.16. The van der Waals surface area contributed by atoms with Gasteiger partial charge >= 0.3 is 0 Å². The van der Waals surface area contributed by atoms with Gasteiger partial charge in [0.25, 0.3) is 0 Å². The molecule has 4 aromatic rings. The Hall–Kier alpha value is -4.13. The van der Waals surface area contributed by atoms with Crippen molar-refractivity contribution in [1.82, 2.24) is 21.3 Å². The third-order valence-corrected chi connectivity index (χ3v) is 18.2. The first-order valence-electron chi connectivity index (χ1n) is 28.8. The maximum absolute atomic E-state index is 12.5. The van der Waals surface area contributed by atoms with Crippen LogP contribution in [0.5, 0.6) is 0 Å². The Morgan fingerprint density at radius 3 is 0.838 bits per heavy atom. The van der Waals surface area contributed by atoms with E-state index in [2.05, 4.69) is 243 Å². The molecule has 5 heterocycles. The maximum Gasteiger partial charge on any atom is 0.150 e. The van der Waals surface area contributed by atoms with Crippen LogP contribution in [0.4, 0.5) is 0 Å². The van der Waals surface area contributed by atoms with E-state index in [0.29, 0.717) is 0 Å². The summed E-state index contributed by atoms with van der Waals surface area (Å²) in [6, 6.07) is 32.7. The van der Waals surface area contributed by atoms with Crippen molar-refractivity contribution in [2.45, 2.75) is 255 Å². The monoisotopic (exact) mass is 997 g/mol. The SMILES string of the molecule is CC(C)(C)c1cc(C2C3C=CC(N3)C(c3cc(C(C)(C)C)cc(C(C)(C)C)c3)C3CCC(N3)C(c3cc(C(C)(C)C)cc(C(C)(C)C)c3)C3C=CC(N3)C(c3cccc(C=O)c3)C3CCC2N3)cc(C(C)(C)C)c1. The first kappa shape index (κ1) is 54.7. The van der Waals surface area contributed by atoms with Crippen LogP contribution in [-0.2, 0) is 32.5 Å². The molecule has 5 aliphatic heterocycles. The van der Waals surface area contributed by atoms with Crippen LogP contribution in [0.25, 0.3) is 0 Å². The van der Waals surface area contributed by atoms with Gasteiger partial charge in [-0.2, -0.15) is 0 Å². The smallest absolute Gasteiger partial charge is 0.150 e. The molecule has 5 nitrogen and oxygen atoms in total. The molecule has 3 fully saturated rings. The predicted molar refractivity (Wildman–Crippen MR) is 314 cm³/mol. The highest BCUT2D eigenvalue weighted by Crippen LogP contribution is 2.47. The van der Waals surface area contributed by atoms with Crippen molar-refractivity contribution in [2.24, 2.45) is 0 Å². The zero-order valence-corrected chi connectivity index (χ0v) is 49.1. The van der Waals surface area contributed by atoms with Gasteiger partial charge in [0.1, 0.15) is 6.29 Å². The lowest BCUT2D eigenvalue weighted by molar-refractivity contribution is 0.112. The highest BCUT2D eigenvalue weighted by molar-refractivity contribution is 5.75. The van der Waals surface area contributed by atoms with Gasteiger partial charge in [-0.15, -0.1) is 0 Å². The standard InChI is InChI=1S/C69H96N4O/c1-64(2,3)46-31-43(32-47(37-46)65(4,5)6)61-54-24-22-52(70-54)60(42-21-19-20-41(30-42)40-74)53-23-25-55(71-53)62(44-33-48(66(7,8)9)38-49(34-44)67(10,11)12)57-27-29-59(73-57)63(58-28-26-56(61)72-58)45-35-50(68(13,14)15)39-51(36-45)69(16,17)18/h19-22,24,27,29-40,52-63,70-73H,23,25-26,28H2,1-18H3. The molecule has 0 spiro atoms. The quantitative estimate of drug-likeness (QED) is 0.119. The molecule has 12 unspecified atom stereocenters. The minimum atomic E-state index is -0.00794. The lowest BCUT2D eigenvalue weighted by atomic mass is 9.75. The zero-order chi connectivity index (χ0) is 53.7. The number of carbonyl (C=O) groups excluding carboxylic acids is 1. The van der Waals surface area contributed by atoms with Gasteiger partial charge in [0, 0.05) is 77.6 Å². The van der Waals surface area contributed by atoms with Crippen LogP contribution in [0, 0.1) is 0 Å². The minimum absolute atomic E-state index is 0.00256. The maximum atomic E-state index is 12.5. The van der Waals surface area contributed by atoms with Crippen LogP contribution >= 0.6 is 0 Å². The third-order valence-electron chi connectivity index (χ3n) is 18.2. The van der Waals surface area contributed by atoms with E-state index in [4.69, 9.17) is 0 Å². The van der Waals surface area contributed by atoms with Gasteiger partial charge in [-0.3, -0.25) is 4.79 Å². The van der Waals surface area contributed by atoms with Crippen LogP contribution in [0.2, 0.25) is 0 Å². The molecule has 0 amide bonds. The van der Waals surface area contributed by atoms with E-state index in [1.54, 1.807) is 0 Å². The summed E-state index contributed by atoms with van der Waals surface area (Å²) in [5.41, 5.74) is 14.7. The topological polar surface area (TPSA) is 65.2 Å². The number of nitrogens with one attached hydrogen (secondary N) is 4. The molecule has 12 atom stereocenters. The number of hydrogen-bond acceptors (Lipinski definition) is 5. The lowest BCUT2D eigenvalue weighted by Gasteiger charge is -2.39. The summed E-state index contributed by atoms with van der Waals surface area (Å²) in [5.74, 6) is 0.696. The van der Waals surface area contributed by atoms with E-state index < -0.39 is 0 Å². The molecule has 4 N–H and O–H groups in total. The van der Waals surface area contributed by atoms with E-state index >= 15 is 0 Å². The van der Waals surface area contributed by atoms with Crippen LogP contribution in [-0.4, -0.2) is 54.6 Å². The molecule has 0 radical (unpaired) electrons. The normalized spacial score (nSPS) is 29.8. The first-order valence-corrected chi connectivity index (χ1v) is 28.8. The second kappa shape index (κ2) is 19.7. The number of rotatable bonds is 5. The fourth-order valence-corrected chi connectivity index (χ4v) is 13.5. The number of benzene rings is 4.